The highest BCUT2D eigenvalue weighted by atomic mass is 32.1. The van der Waals surface area contributed by atoms with Gasteiger partial charge in [0.15, 0.2) is 0 Å². The Morgan fingerprint density at radius 2 is 2.19 bits per heavy atom. The molecule has 1 rings (SSSR count). The Morgan fingerprint density at radius 3 is 2.69 bits per heavy atom. The van der Waals surface area contributed by atoms with E-state index in [0.29, 0.717) is 17.2 Å². The van der Waals surface area contributed by atoms with Crippen molar-refractivity contribution in [1.82, 2.24) is 10.3 Å². The first-order valence-corrected chi connectivity index (χ1v) is 5.80. The molecule has 16 heavy (non-hydrogen) atoms. The molecule has 0 aliphatic heterocycles. The van der Waals surface area contributed by atoms with Crippen molar-refractivity contribution in [2.24, 2.45) is 0 Å². The molecule has 0 spiro atoms. The Balaban J connectivity index is 2.64. The molecule has 1 amide bonds. The highest BCUT2D eigenvalue weighted by Crippen LogP contribution is 2.17. The van der Waals surface area contributed by atoms with Crippen LogP contribution in [0.1, 0.15) is 33.7 Å². The lowest BCUT2D eigenvalue weighted by Gasteiger charge is -2.00. The number of rotatable bonds is 5. The van der Waals surface area contributed by atoms with E-state index in [9.17, 15) is 14.7 Å². The van der Waals surface area contributed by atoms with Gasteiger partial charge in [-0.2, -0.15) is 0 Å². The summed E-state index contributed by atoms with van der Waals surface area (Å²) in [5.41, 5.74) is 0.406. The molecular formula is C10H13N2O3S-. The van der Waals surface area contributed by atoms with Crippen molar-refractivity contribution >= 4 is 23.2 Å². The lowest BCUT2D eigenvalue weighted by Crippen LogP contribution is -2.25. The number of amides is 1. The van der Waals surface area contributed by atoms with E-state index in [2.05, 4.69) is 10.3 Å². The van der Waals surface area contributed by atoms with Crippen LogP contribution in [0.3, 0.4) is 0 Å². The van der Waals surface area contributed by atoms with Crippen molar-refractivity contribution in [1.29, 1.82) is 0 Å². The number of carboxylic acid groups (broad SMARTS) is 1. The van der Waals surface area contributed by atoms with Gasteiger partial charge < -0.3 is 15.2 Å². The van der Waals surface area contributed by atoms with Gasteiger partial charge in [0.1, 0.15) is 5.01 Å². The lowest BCUT2D eigenvalue weighted by molar-refractivity contribution is -0.254. The van der Waals surface area contributed by atoms with Crippen molar-refractivity contribution in [3.05, 3.63) is 15.6 Å². The standard InChI is InChI=1S/C10H14N2O3S/c1-3-4-11-7(13)5-8-12-6(2)9(16-8)10(14)15/h3-5H2,1-2H3,(H,11,13)(H,14,15)/p-1. The summed E-state index contributed by atoms with van der Waals surface area (Å²) < 4.78 is 0. The number of aromatic nitrogens is 1. The van der Waals surface area contributed by atoms with E-state index < -0.39 is 5.97 Å². The minimum absolute atomic E-state index is 0.0956. The van der Waals surface area contributed by atoms with Gasteiger partial charge in [0.2, 0.25) is 5.91 Å². The van der Waals surface area contributed by atoms with Crippen LogP contribution < -0.4 is 10.4 Å². The molecule has 5 nitrogen and oxygen atoms in total. The monoisotopic (exact) mass is 241 g/mol. The summed E-state index contributed by atoms with van der Waals surface area (Å²) >= 11 is 0.995. The second-order valence-electron chi connectivity index (χ2n) is 3.34. The van der Waals surface area contributed by atoms with E-state index in [1.807, 2.05) is 6.92 Å². The Bertz CT molecular complexity index is 401. The van der Waals surface area contributed by atoms with Crippen molar-refractivity contribution in [2.45, 2.75) is 26.7 Å². The molecule has 0 aliphatic rings. The third kappa shape index (κ3) is 3.30. The molecule has 1 heterocycles. The Labute approximate surface area is 97.5 Å². The van der Waals surface area contributed by atoms with Gasteiger partial charge in [0, 0.05) is 6.54 Å². The molecule has 0 radical (unpaired) electrons. The van der Waals surface area contributed by atoms with Gasteiger partial charge >= 0.3 is 0 Å². The molecule has 0 fully saturated rings. The minimum atomic E-state index is -1.24. The van der Waals surface area contributed by atoms with Gasteiger partial charge in [0.25, 0.3) is 0 Å². The van der Waals surface area contributed by atoms with E-state index in [0.717, 1.165) is 17.8 Å². The van der Waals surface area contributed by atoms with Gasteiger partial charge in [-0.15, -0.1) is 11.3 Å². The molecule has 1 aromatic heterocycles. The summed E-state index contributed by atoms with van der Waals surface area (Å²) in [6.45, 7) is 4.17. The normalized spacial score (nSPS) is 10.1. The Morgan fingerprint density at radius 1 is 1.50 bits per heavy atom. The van der Waals surface area contributed by atoms with Gasteiger partial charge in [-0.1, -0.05) is 6.92 Å². The van der Waals surface area contributed by atoms with Crippen LogP contribution in [0.4, 0.5) is 0 Å². The summed E-state index contributed by atoms with van der Waals surface area (Å²) in [5.74, 6) is -1.38. The summed E-state index contributed by atoms with van der Waals surface area (Å²) in [5, 5.41) is 13.9. The number of hydrogen-bond donors (Lipinski definition) is 1. The van der Waals surface area contributed by atoms with E-state index in [-0.39, 0.29) is 17.2 Å². The van der Waals surface area contributed by atoms with Crippen LogP contribution in [0.5, 0.6) is 0 Å². The highest BCUT2D eigenvalue weighted by molar-refractivity contribution is 7.13. The molecule has 88 valence electrons. The van der Waals surface area contributed by atoms with Crippen LogP contribution in [0.15, 0.2) is 0 Å². The third-order valence-electron chi connectivity index (χ3n) is 1.91. The fourth-order valence-corrected chi connectivity index (χ4v) is 2.08. The molecule has 0 saturated carbocycles. The second-order valence-corrected chi connectivity index (χ2v) is 4.42. The van der Waals surface area contributed by atoms with Crippen LogP contribution in [-0.2, 0) is 11.2 Å². The fourth-order valence-electron chi connectivity index (χ4n) is 1.18. The average Bonchev–Trinajstić information content (AvgIpc) is 2.56. The SMILES string of the molecule is CCCNC(=O)Cc1nc(C)c(C(=O)[O-])s1. The van der Waals surface area contributed by atoms with E-state index in [4.69, 9.17) is 0 Å². The Kier molecular flexibility index (Phi) is 4.42. The van der Waals surface area contributed by atoms with Crippen LogP contribution in [0.2, 0.25) is 0 Å². The number of carboxylic acids is 1. The predicted molar refractivity (Wildman–Crippen MR) is 58.2 cm³/mol. The molecule has 0 aromatic carbocycles. The molecule has 0 saturated heterocycles. The molecule has 0 bridgehead atoms. The van der Waals surface area contributed by atoms with Crippen molar-refractivity contribution < 1.29 is 14.7 Å². The summed E-state index contributed by atoms with van der Waals surface area (Å²) in [6, 6.07) is 0. The highest BCUT2D eigenvalue weighted by Gasteiger charge is 2.11. The average molecular weight is 241 g/mol. The first-order valence-electron chi connectivity index (χ1n) is 4.99. The fraction of sp³-hybridized carbons (Fsp3) is 0.500. The maximum Gasteiger partial charge on any atom is 0.226 e. The maximum atomic E-state index is 11.4. The molecule has 1 aromatic rings. The molecule has 1 N–H and O–H groups in total. The van der Waals surface area contributed by atoms with Crippen LogP contribution >= 0.6 is 11.3 Å². The van der Waals surface area contributed by atoms with Crippen molar-refractivity contribution in [3.63, 3.8) is 0 Å². The van der Waals surface area contributed by atoms with E-state index in [1.54, 1.807) is 6.92 Å². The zero-order valence-corrected chi connectivity index (χ0v) is 10.0. The van der Waals surface area contributed by atoms with Crippen LogP contribution in [0, 0.1) is 6.92 Å². The number of hydrogen-bond acceptors (Lipinski definition) is 5. The third-order valence-corrected chi connectivity index (χ3v) is 3.05. The molecule has 6 heteroatoms. The number of aryl methyl sites for hydroxylation is 1. The first kappa shape index (κ1) is 12.6. The molecule has 0 atom stereocenters. The smallest absolute Gasteiger partial charge is 0.226 e. The van der Waals surface area contributed by atoms with Gasteiger partial charge in [0.05, 0.1) is 23.0 Å². The predicted octanol–water partition coefficient (Wildman–Crippen LogP) is -0.116. The van der Waals surface area contributed by atoms with Crippen molar-refractivity contribution in [2.75, 3.05) is 6.54 Å². The van der Waals surface area contributed by atoms with Crippen molar-refractivity contribution in [3.8, 4) is 0 Å². The molecule has 0 unspecified atom stereocenters. The summed E-state index contributed by atoms with van der Waals surface area (Å²) in [4.78, 5) is 26.1. The number of carbonyl (C=O) groups excluding carboxylic acids is 2. The second kappa shape index (κ2) is 5.60. The maximum absolute atomic E-state index is 11.4. The number of carbonyl (C=O) groups is 2. The molecular weight excluding hydrogens is 228 g/mol. The van der Waals surface area contributed by atoms with Crippen LogP contribution in [-0.4, -0.2) is 23.4 Å². The molecule has 0 aliphatic carbocycles. The minimum Gasteiger partial charge on any atom is -0.544 e. The first-order chi connectivity index (χ1) is 7.54. The quantitative estimate of drug-likeness (QED) is 0.779. The van der Waals surface area contributed by atoms with E-state index in [1.165, 1.54) is 0 Å². The number of nitrogens with one attached hydrogen (secondary N) is 1. The van der Waals surface area contributed by atoms with Gasteiger partial charge in [-0.05, 0) is 13.3 Å². The Hall–Kier alpha value is -1.43. The lowest BCUT2D eigenvalue weighted by atomic mass is 10.4. The van der Waals surface area contributed by atoms with Gasteiger partial charge in [-0.25, -0.2) is 4.98 Å². The summed E-state index contributed by atoms with van der Waals surface area (Å²) in [6.07, 6.45) is 0.992. The number of aromatic carboxylic acids is 1. The topological polar surface area (TPSA) is 82.1 Å². The number of nitrogens with zero attached hydrogens (tertiary/aromatic N) is 1. The van der Waals surface area contributed by atoms with Crippen LogP contribution in [0.25, 0.3) is 0 Å². The zero-order valence-electron chi connectivity index (χ0n) is 9.20. The zero-order chi connectivity index (χ0) is 12.1. The summed E-state index contributed by atoms with van der Waals surface area (Å²) in [7, 11) is 0. The van der Waals surface area contributed by atoms with E-state index >= 15 is 0 Å². The largest absolute Gasteiger partial charge is 0.544 e. The van der Waals surface area contributed by atoms with Gasteiger partial charge in [-0.3, -0.25) is 4.79 Å². The number of thiazole rings is 1.